The van der Waals surface area contributed by atoms with Gasteiger partial charge in [-0.25, -0.2) is 0 Å². The molecule has 2 aliphatic carbocycles. The summed E-state index contributed by atoms with van der Waals surface area (Å²) in [6.07, 6.45) is 0. The predicted molar refractivity (Wildman–Crippen MR) is 225 cm³/mol. The molecule has 1 heteroatoms. The van der Waals surface area contributed by atoms with E-state index in [0.717, 1.165) is 17.1 Å². The molecule has 0 amide bonds. The van der Waals surface area contributed by atoms with Gasteiger partial charge in [0.15, 0.2) is 0 Å². The molecule has 0 aliphatic heterocycles. The van der Waals surface area contributed by atoms with Crippen molar-refractivity contribution >= 4 is 27.8 Å². The van der Waals surface area contributed by atoms with Crippen LogP contribution in [0.4, 0.5) is 17.1 Å². The summed E-state index contributed by atoms with van der Waals surface area (Å²) in [7, 11) is 0. The van der Waals surface area contributed by atoms with E-state index in [1.807, 2.05) is 0 Å². The van der Waals surface area contributed by atoms with E-state index in [4.69, 9.17) is 0 Å². The normalized spacial score (nSPS) is 14.3. The minimum Gasteiger partial charge on any atom is -0.310 e. The fourth-order valence-corrected chi connectivity index (χ4v) is 9.32. The van der Waals surface area contributed by atoms with Crippen LogP contribution < -0.4 is 4.90 Å². The highest BCUT2D eigenvalue weighted by molar-refractivity contribution is 6.06. The first kappa shape index (κ1) is 31.5. The lowest BCUT2D eigenvalue weighted by Crippen LogP contribution is -2.17. The summed E-state index contributed by atoms with van der Waals surface area (Å²) in [5, 5.41) is 2.48. The van der Waals surface area contributed by atoms with Crippen LogP contribution in [0.15, 0.2) is 176 Å². The Bertz CT molecular complexity index is 2730. The smallest absolute Gasteiger partial charge is 0.0546 e. The number of nitrogens with zero attached hydrogens (tertiary/aromatic N) is 1. The van der Waals surface area contributed by atoms with Gasteiger partial charge in [0.1, 0.15) is 0 Å². The molecular weight excluding hydrogens is 639 g/mol. The van der Waals surface area contributed by atoms with Crippen LogP contribution in [0.1, 0.15) is 49.9 Å². The summed E-state index contributed by atoms with van der Waals surface area (Å²) in [4.78, 5) is 2.50. The second kappa shape index (κ2) is 11.7. The molecule has 10 rings (SSSR count). The van der Waals surface area contributed by atoms with Crippen LogP contribution in [0.25, 0.3) is 55.3 Å². The molecule has 8 aromatic rings. The molecule has 0 saturated carbocycles. The molecule has 0 atom stereocenters. The highest BCUT2D eigenvalue weighted by Crippen LogP contribution is 2.54. The van der Waals surface area contributed by atoms with Crippen molar-refractivity contribution in [1.82, 2.24) is 0 Å². The van der Waals surface area contributed by atoms with Crippen molar-refractivity contribution < 1.29 is 0 Å². The number of hydrogen-bond donors (Lipinski definition) is 0. The van der Waals surface area contributed by atoms with Gasteiger partial charge in [0.05, 0.1) is 5.69 Å². The number of rotatable bonds is 5. The van der Waals surface area contributed by atoms with Crippen LogP contribution in [0.5, 0.6) is 0 Å². The summed E-state index contributed by atoms with van der Waals surface area (Å²) < 4.78 is 0. The van der Waals surface area contributed by atoms with E-state index in [2.05, 4.69) is 209 Å². The first-order chi connectivity index (χ1) is 25.8. The summed E-state index contributed by atoms with van der Waals surface area (Å²) in [6.45, 7) is 9.48. The van der Waals surface area contributed by atoms with Crippen molar-refractivity contribution in [3.05, 3.63) is 198 Å². The Morgan fingerprint density at radius 2 is 0.925 bits per heavy atom. The minimum absolute atomic E-state index is 0.100. The molecule has 0 aromatic heterocycles. The average Bonchev–Trinajstić information content (AvgIpc) is 3.57. The molecule has 2 aliphatic rings. The van der Waals surface area contributed by atoms with Gasteiger partial charge < -0.3 is 4.90 Å². The number of fused-ring (bicyclic) bond motifs is 7. The minimum atomic E-state index is -0.119. The molecule has 0 unspecified atom stereocenters. The number of hydrogen-bond acceptors (Lipinski definition) is 1. The van der Waals surface area contributed by atoms with Gasteiger partial charge in [-0.2, -0.15) is 0 Å². The van der Waals surface area contributed by atoms with Crippen molar-refractivity contribution in [3.63, 3.8) is 0 Å². The van der Waals surface area contributed by atoms with Gasteiger partial charge in [-0.1, -0.05) is 167 Å². The zero-order valence-electron chi connectivity index (χ0n) is 30.7. The molecule has 1 nitrogen and oxygen atoms in total. The van der Waals surface area contributed by atoms with Crippen LogP contribution in [0.2, 0.25) is 0 Å². The number of anilines is 3. The highest BCUT2D eigenvalue weighted by atomic mass is 15.1. The molecule has 8 aromatic carbocycles. The van der Waals surface area contributed by atoms with Gasteiger partial charge in [0.2, 0.25) is 0 Å². The van der Waals surface area contributed by atoms with Gasteiger partial charge in [-0.15, -0.1) is 0 Å². The van der Waals surface area contributed by atoms with Crippen LogP contribution >= 0.6 is 0 Å². The molecule has 0 saturated heterocycles. The van der Waals surface area contributed by atoms with Crippen LogP contribution in [0.3, 0.4) is 0 Å². The predicted octanol–water partition coefficient (Wildman–Crippen LogP) is 14.3. The Balaban J connectivity index is 1.24. The van der Waals surface area contributed by atoms with E-state index in [9.17, 15) is 0 Å². The maximum atomic E-state index is 2.50. The number of benzene rings is 8. The Hall–Kier alpha value is -6.18. The van der Waals surface area contributed by atoms with Crippen molar-refractivity contribution in [2.75, 3.05) is 4.90 Å². The Morgan fingerprint density at radius 3 is 1.66 bits per heavy atom. The SMILES string of the molecule is CC1(C)c2ccccc2-c2ccc(-c3c(N(c4cccc(-c5ccccc5)c4)c4ccc5c(c4)C(C)(C)c4ccccc4-5)ccc4ccccc34)cc21. The average molecular weight is 680 g/mol. The second-order valence-corrected chi connectivity index (χ2v) is 15.8. The van der Waals surface area contributed by atoms with E-state index in [1.54, 1.807) is 0 Å². The Morgan fingerprint density at radius 1 is 0.358 bits per heavy atom. The van der Waals surface area contributed by atoms with Crippen molar-refractivity contribution in [2.45, 2.75) is 38.5 Å². The summed E-state index contributed by atoms with van der Waals surface area (Å²) >= 11 is 0. The van der Waals surface area contributed by atoms with Gasteiger partial charge in [0.25, 0.3) is 0 Å². The zero-order valence-corrected chi connectivity index (χ0v) is 30.7. The highest BCUT2D eigenvalue weighted by Gasteiger charge is 2.37. The first-order valence-corrected chi connectivity index (χ1v) is 18.8. The van der Waals surface area contributed by atoms with E-state index in [0.29, 0.717) is 0 Å². The molecule has 0 heterocycles. The lowest BCUT2D eigenvalue weighted by molar-refractivity contribution is 0.660. The van der Waals surface area contributed by atoms with Gasteiger partial charge in [0, 0.05) is 27.8 Å². The molecule has 53 heavy (non-hydrogen) atoms. The molecular formula is C52H41N. The Kier molecular flexibility index (Phi) is 6.94. The van der Waals surface area contributed by atoms with Crippen molar-refractivity contribution in [3.8, 4) is 44.5 Å². The third-order valence-electron chi connectivity index (χ3n) is 12.1. The van der Waals surface area contributed by atoms with Gasteiger partial charge in [-0.05, 0) is 108 Å². The molecule has 254 valence electrons. The van der Waals surface area contributed by atoms with Crippen LogP contribution in [-0.2, 0) is 10.8 Å². The quantitative estimate of drug-likeness (QED) is 0.175. The molecule has 0 bridgehead atoms. The van der Waals surface area contributed by atoms with E-state index < -0.39 is 0 Å². The largest absolute Gasteiger partial charge is 0.310 e. The first-order valence-electron chi connectivity index (χ1n) is 18.8. The van der Waals surface area contributed by atoms with Crippen LogP contribution in [0, 0.1) is 0 Å². The zero-order chi connectivity index (χ0) is 35.9. The monoisotopic (exact) mass is 679 g/mol. The third-order valence-corrected chi connectivity index (χ3v) is 12.1. The Labute approximate surface area is 312 Å². The van der Waals surface area contributed by atoms with E-state index in [1.165, 1.54) is 77.5 Å². The second-order valence-electron chi connectivity index (χ2n) is 15.8. The standard InChI is InChI=1S/C52H41N/c1-51(2)45-23-12-10-21-41(45)43-28-25-37(32-47(43)51)50-40-20-9-8-17-35(40)26-30-49(50)53(38-19-14-18-36(31-38)34-15-6-5-7-16-34)39-27-29-44-42-22-11-13-24-46(42)52(3,4)48(44)33-39/h5-33H,1-4H3. The maximum absolute atomic E-state index is 2.50. The van der Waals surface area contributed by atoms with E-state index in [-0.39, 0.29) is 10.8 Å². The van der Waals surface area contributed by atoms with E-state index >= 15 is 0 Å². The fraction of sp³-hybridized carbons (Fsp3) is 0.115. The summed E-state index contributed by atoms with van der Waals surface area (Å²) in [6, 6.07) is 65.4. The van der Waals surface area contributed by atoms with Crippen LogP contribution in [-0.4, -0.2) is 0 Å². The molecule has 0 N–H and O–H groups in total. The van der Waals surface area contributed by atoms with Gasteiger partial charge >= 0.3 is 0 Å². The molecule has 0 fully saturated rings. The lowest BCUT2D eigenvalue weighted by atomic mass is 9.81. The van der Waals surface area contributed by atoms with Gasteiger partial charge in [-0.3, -0.25) is 0 Å². The summed E-state index contributed by atoms with van der Waals surface area (Å²) in [5.41, 5.74) is 19.0. The molecule has 0 radical (unpaired) electrons. The fourth-order valence-electron chi connectivity index (χ4n) is 9.32. The topological polar surface area (TPSA) is 3.24 Å². The van der Waals surface area contributed by atoms with Crippen molar-refractivity contribution in [1.29, 1.82) is 0 Å². The lowest BCUT2D eigenvalue weighted by Gasteiger charge is -2.31. The summed E-state index contributed by atoms with van der Waals surface area (Å²) in [5.74, 6) is 0. The van der Waals surface area contributed by atoms with Crippen molar-refractivity contribution in [2.24, 2.45) is 0 Å². The maximum Gasteiger partial charge on any atom is 0.0546 e. The molecule has 0 spiro atoms. The third kappa shape index (κ3) is 4.77.